The van der Waals surface area contributed by atoms with E-state index in [1.807, 2.05) is 23.1 Å². The molecule has 23 heavy (non-hydrogen) atoms. The highest BCUT2D eigenvalue weighted by atomic mass is 16.6. The summed E-state index contributed by atoms with van der Waals surface area (Å²) in [7, 11) is 2.11. The Morgan fingerprint density at radius 1 is 1.13 bits per heavy atom. The molecule has 3 heterocycles. The molecule has 0 aromatic heterocycles. The molecule has 1 aromatic rings. The maximum absolute atomic E-state index is 13.1. The molecule has 3 aliphatic heterocycles. The number of likely N-dealkylation sites (N-methyl/N-ethyl adjacent to an activating group) is 1. The summed E-state index contributed by atoms with van der Waals surface area (Å²) < 4.78 is 17.0. The zero-order valence-corrected chi connectivity index (χ0v) is 13.4. The standard InChI is InChI=1S/C17H22N2O4/c1-18-7-12-8-19(9-13(18)11-21-10-12)17(20)14-3-2-4-15-16(14)23-6-5-22-15/h2-4,12-13H,5-11H2,1H3/t12-,13+/m1/s1. The number of para-hydroxylation sites is 1. The summed E-state index contributed by atoms with van der Waals surface area (Å²) in [6.45, 7) is 4.81. The molecule has 3 aliphatic rings. The molecule has 0 aliphatic carbocycles. The van der Waals surface area contributed by atoms with Gasteiger partial charge in [-0.15, -0.1) is 0 Å². The highest BCUT2D eigenvalue weighted by molar-refractivity contribution is 5.98. The first kappa shape index (κ1) is 14.8. The number of carbonyl (C=O) groups is 1. The van der Waals surface area contributed by atoms with Crippen LogP contribution in [0.1, 0.15) is 10.4 Å². The van der Waals surface area contributed by atoms with Crippen molar-refractivity contribution < 1.29 is 19.0 Å². The number of ether oxygens (including phenoxy) is 3. The first-order valence-corrected chi connectivity index (χ1v) is 8.18. The minimum Gasteiger partial charge on any atom is -0.486 e. The molecule has 0 spiro atoms. The summed E-state index contributed by atoms with van der Waals surface area (Å²) >= 11 is 0. The Kier molecular flexibility index (Phi) is 3.87. The van der Waals surface area contributed by atoms with Crippen molar-refractivity contribution in [2.45, 2.75) is 6.04 Å². The van der Waals surface area contributed by atoms with Gasteiger partial charge in [-0.25, -0.2) is 0 Å². The summed E-state index contributed by atoms with van der Waals surface area (Å²) in [4.78, 5) is 17.4. The third-order valence-electron chi connectivity index (χ3n) is 4.83. The molecule has 6 heteroatoms. The van der Waals surface area contributed by atoms with Crippen molar-refractivity contribution in [2.24, 2.45) is 5.92 Å². The van der Waals surface area contributed by atoms with Crippen molar-refractivity contribution in [1.82, 2.24) is 9.80 Å². The van der Waals surface area contributed by atoms with Gasteiger partial charge >= 0.3 is 0 Å². The van der Waals surface area contributed by atoms with E-state index in [0.717, 1.165) is 19.7 Å². The van der Waals surface area contributed by atoms with E-state index in [9.17, 15) is 4.79 Å². The zero-order chi connectivity index (χ0) is 15.8. The van der Waals surface area contributed by atoms with E-state index in [1.54, 1.807) is 0 Å². The maximum atomic E-state index is 13.1. The minimum atomic E-state index is 0.0274. The predicted molar refractivity (Wildman–Crippen MR) is 84.1 cm³/mol. The van der Waals surface area contributed by atoms with Crippen molar-refractivity contribution in [3.8, 4) is 11.5 Å². The molecular formula is C17H22N2O4. The lowest BCUT2D eigenvalue weighted by Crippen LogP contribution is -2.44. The van der Waals surface area contributed by atoms with Gasteiger partial charge in [-0.05, 0) is 19.2 Å². The van der Waals surface area contributed by atoms with Gasteiger partial charge in [-0.3, -0.25) is 9.69 Å². The van der Waals surface area contributed by atoms with Crippen LogP contribution in [-0.2, 0) is 4.74 Å². The summed E-state index contributed by atoms with van der Waals surface area (Å²) in [6, 6.07) is 5.79. The molecular weight excluding hydrogens is 296 g/mol. The van der Waals surface area contributed by atoms with E-state index in [2.05, 4.69) is 11.9 Å². The number of carbonyl (C=O) groups excluding carboxylic acids is 1. The Bertz CT molecular complexity index is 606. The minimum absolute atomic E-state index is 0.0274. The Balaban J connectivity index is 1.62. The molecule has 124 valence electrons. The van der Waals surface area contributed by atoms with Gasteiger partial charge in [-0.2, -0.15) is 0 Å². The Morgan fingerprint density at radius 2 is 2.00 bits per heavy atom. The van der Waals surface area contributed by atoms with Crippen LogP contribution in [0.5, 0.6) is 11.5 Å². The van der Waals surface area contributed by atoms with Crippen molar-refractivity contribution in [3.63, 3.8) is 0 Å². The van der Waals surface area contributed by atoms with Gasteiger partial charge in [0.15, 0.2) is 11.5 Å². The third-order valence-corrected chi connectivity index (χ3v) is 4.83. The van der Waals surface area contributed by atoms with Crippen molar-refractivity contribution in [2.75, 3.05) is 53.1 Å². The monoisotopic (exact) mass is 318 g/mol. The smallest absolute Gasteiger partial charge is 0.257 e. The zero-order valence-electron chi connectivity index (χ0n) is 13.4. The summed E-state index contributed by atoms with van der Waals surface area (Å²) in [5, 5.41) is 0. The number of benzene rings is 1. The van der Waals surface area contributed by atoms with Crippen molar-refractivity contribution >= 4 is 5.91 Å². The Hall–Kier alpha value is -1.79. The van der Waals surface area contributed by atoms with Crippen molar-refractivity contribution in [3.05, 3.63) is 23.8 Å². The molecule has 2 atom stereocenters. The lowest BCUT2D eigenvalue weighted by atomic mass is 10.1. The molecule has 0 radical (unpaired) electrons. The largest absolute Gasteiger partial charge is 0.486 e. The van der Waals surface area contributed by atoms with E-state index in [-0.39, 0.29) is 11.9 Å². The van der Waals surface area contributed by atoms with Gasteiger partial charge in [0.05, 0.1) is 24.8 Å². The van der Waals surface area contributed by atoms with E-state index in [1.165, 1.54) is 0 Å². The fourth-order valence-electron chi connectivity index (χ4n) is 3.63. The number of rotatable bonds is 1. The van der Waals surface area contributed by atoms with Gasteiger partial charge < -0.3 is 19.1 Å². The van der Waals surface area contributed by atoms with Gasteiger partial charge in [0, 0.05) is 25.6 Å². The molecule has 2 bridgehead atoms. The molecule has 1 amide bonds. The van der Waals surface area contributed by atoms with Gasteiger partial charge in [0.1, 0.15) is 13.2 Å². The van der Waals surface area contributed by atoms with Crippen LogP contribution in [0.4, 0.5) is 0 Å². The van der Waals surface area contributed by atoms with Crippen LogP contribution in [0.2, 0.25) is 0 Å². The second-order valence-electron chi connectivity index (χ2n) is 6.54. The van der Waals surface area contributed by atoms with Crippen LogP contribution >= 0.6 is 0 Å². The van der Waals surface area contributed by atoms with Gasteiger partial charge in [-0.1, -0.05) is 6.07 Å². The predicted octanol–water partition coefficient (Wildman–Crippen LogP) is 0.860. The number of hydrogen-bond donors (Lipinski definition) is 0. The summed E-state index contributed by atoms with van der Waals surface area (Å²) in [5.74, 6) is 1.63. The second-order valence-corrected chi connectivity index (χ2v) is 6.54. The molecule has 0 saturated carbocycles. The fourth-order valence-corrected chi connectivity index (χ4v) is 3.63. The van der Waals surface area contributed by atoms with Gasteiger partial charge in [0.2, 0.25) is 0 Å². The molecule has 6 nitrogen and oxygen atoms in total. The molecule has 2 saturated heterocycles. The highest BCUT2D eigenvalue weighted by Crippen LogP contribution is 2.34. The maximum Gasteiger partial charge on any atom is 0.257 e. The number of amides is 1. The number of nitrogens with zero attached hydrogens (tertiary/aromatic N) is 2. The molecule has 0 N–H and O–H groups in total. The molecule has 4 rings (SSSR count). The van der Waals surface area contributed by atoms with Crippen LogP contribution in [0.25, 0.3) is 0 Å². The van der Waals surface area contributed by atoms with Crippen LogP contribution in [-0.4, -0.2) is 74.9 Å². The van der Waals surface area contributed by atoms with E-state index in [4.69, 9.17) is 14.2 Å². The summed E-state index contributed by atoms with van der Waals surface area (Å²) in [6.07, 6.45) is 0. The lowest BCUT2D eigenvalue weighted by Gasteiger charge is -2.30. The van der Waals surface area contributed by atoms with Crippen molar-refractivity contribution in [1.29, 1.82) is 0 Å². The summed E-state index contributed by atoms with van der Waals surface area (Å²) in [5.41, 5.74) is 0.603. The van der Waals surface area contributed by atoms with Gasteiger partial charge in [0.25, 0.3) is 5.91 Å². The average molecular weight is 318 g/mol. The topological polar surface area (TPSA) is 51.2 Å². The lowest BCUT2D eigenvalue weighted by molar-refractivity contribution is 0.0429. The van der Waals surface area contributed by atoms with Crippen LogP contribution in [0.3, 0.4) is 0 Å². The second kappa shape index (κ2) is 6.02. The molecule has 2 fully saturated rings. The number of fused-ring (bicyclic) bond motifs is 4. The first-order valence-electron chi connectivity index (χ1n) is 8.18. The third kappa shape index (κ3) is 2.77. The Labute approximate surface area is 135 Å². The van der Waals surface area contributed by atoms with Crippen LogP contribution < -0.4 is 9.47 Å². The number of hydrogen-bond acceptors (Lipinski definition) is 5. The van der Waals surface area contributed by atoms with Crippen LogP contribution in [0, 0.1) is 5.92 Å². The van der Waals surface area contributed by atoms with E-state index >= 15 is 0 Å². The van der Waals surface area contributed by atoms with E-state index in [0.29, 0.717) is 49.3 Å². The highest BCUT2D eigenvalue weighted by Gasteiger charge is 2.35. The SMILES string of the molecule is CN1C[C@H]2COC[C@@H]1CN(C(=O)c1cccc3c1OCCO3)C2. The molecule has 1 aromatic carbocycles. The molecule has 0 unspecified atom stereocenters. The fraction of sp³-hybridized carbons (Fsp3) is 0.588. The van der Waals surface area contributed by atoms with Crippen LogP contribution in [0.15, 0.2) is 18.2 Å². The van der Waals surface area contributed by atoms with E-state index < -0.39 is 0 Å². The Morgan fingerprint density at radius 3 is 2.91 bits per heavy atom. The quantitative estimate of drug-likeness (QED) is 0.769. The normalized spacial score (nSPS) is 27.4. The first-order chi connectivity index (χ1) is 11.2. The average Bonchev–Trinajstić information content (AvgIpc) is 2.82.